The van der Waals surface area contributed by atoms with Crippen molar-refractivity contribution in [3.63, 3.8) is 0 Å². The predicted octanol–water partition coefficient (Wildman–Crippen LogP) is 14.6. The smallest absolute Gasteiger partial charge is 0.160 e. The van der Waals surface area contributed by atoms with E-state index in [1.807, 2.05) is 42.6 Å². The van der Waals surface area contributed by atoms with Crippen LogP contribution in [0.25, 0.3) is 122 Å². The first kappa shape index (κ1) is 35.2. The fraction of sp³-hybridized carbons (Fsp3) is 0. The number of rotatable bonds is 6. The quantitative estimate of drug-likeness (QED) is 0.168. The van der Waals surface area contributed by atoms with Gasteiger partial charge in [0.25, 0.3) is 0 Å². The van der Waals surface area contributed by atoms with Gasteiger partial charge in [-0.3, -0.25) is 4.98 Å². The fourth-order valence-electron chi connectivity index (χ4n) is 9.46. The van der Waals surface area contributed by atoms with Crippen molar-refractivity contribution >= 4 is 65.7 Å². The highest BCUT2D eigenvalue weighted by Gasteiger charge is 2.19. The Bertz CT molecular complexity index is 3860. The minimum atomic E-state index is 0.698. The van der Waals surface area contributed by atoms with Gasteiger partial charge in [0.1, 0.15) is 11.1 Å². The van der Waals surface area contributed by atoms with Crippen molar-refractivity contribution in [1.29, 1.82) is 0 Å². The van der Waals surface area contributed by atoms with E-state index in [9.17, 15) is 0 Å². The van der Waals surface area contributed by atoms with E-state index in [1.54, 1.807) is 0 Å². The zero-order chi connectivity index (χ0) is 41.4. The summed E-state index contributed by atoms with van der Waals surface area (Å²) in [5.41, 5.74) is 16.3. The van der Waals surface area contributed by atoms with Gasteiger partial charge in [0.05, 0.1) is 33.5 Å². The minimum Gasteiger partial charge on any atom is -0.454 e. The van der Waals surface area contributed by atoms with Crippen molar-refractivity contribution in [1.82, 2.24) is 24.1 Å². The summed E-state index contributed by atoms with van der Waals surface area (Å²) in [5.74, 6) is 0.698. The number of fused-ring (bicyclic) bond motifs is 9. The standard InChI is InChI=1S/C57H35N5O/c1-3-13-36(14-4-1)48-35-49(60-57(59-48)37-15-5-2-6-16-37)40-17-11-18-41(31-40)62-50-21-9-7-19-43(50)45-27-24-39(33-53(45)62)38-25-28-52-46(32-38)44-20-8-10-22-51(44)61(52)42-26-29-54-47(34-42)56-55(63-54)23-12-30-58-56/h1-35H. The monoisotopic (exact) mass is 805 g/mol. The second-order valence-electron chi connectivity index (χ2n) is 16.0. The zero-order valence-corrected chi connectivity index (χ0v) is 33.9. The molecule has 0 aliphatic carbocycles. The van der Waals surface area contributed by atoms with Crippen molar-refractivity contribution in [2.45, 2.75) is 0 Å². The van der Waals surface area contributed by atoms with E-state index < -0.39 is 0 Å². The molecule has 0 spiro atoms. The largest absolute Gasteiger partial charge is 0.454 e. The van der Waals surface area contributed by atoms with Gasteiger partial charge >= 0.3 is 0 Å². The van der Waals surface area contributed by atoms with Crippen LogP contribution in [0.2, 0.25) is 0 Å². The van der Waals surface area contributed by atoms with Gasteiger partial charge in [0.15, 0.2) is 11.4 Å². The predicted molar refractivity (Wildman–Crippen MR) is 258 cm³/mol. The average Bonchev–Trinajstić information content (AvgIpc) is 4.01. The molecule has 0 radical (unpaired) electrons. The number of hydrogen-bond acceptors (Lipinski definition) is 4. The lowest BCUT2D eigenvalue weighted by Gasteiger charge is -2.13. The molecule has 0 saturated heterocycles. The molecule has 0 atom stereocenters. The fourth-order valence-corrected chi connectivity index (χ4v) is 9.46. The van der Waals surface area contributed by atoms with Crippen molar-refractivity contribution < 1.29 is 4.42 Å². The van der Waals surface area contributed by atoms with Gasteiger partial charge in [-0.25, -0.2) is 9.97 Å². The number of furan rings is 1. The van der Waals surface area contributed by atoms with E-state index in [0.29, 0.717) is 5.82 Å². The molecule has 8 aromatic carbocycles. The van der Waals surface area contributed by atoms with Gasteiger partial charge < -0.3 is 13.6 Å². The second kappa shape index (κ2) is 14.0. The van der Waals surface area contributed by atoms with Crippen molar-refractivity contribution in [2.75, 3.05) is 0 Å². The molecule has 6 heteroatoms. The Morgan fingerprint density at radius 1 is 0.333 bits per heavy atom. The number of pyridine rings is 1. The Labute approximate surface area is 361 Å². The molecule has 294 valence electrons. The molecular formula is C57H35N5O. The number of aromatic nitrogens is 5. The first-order chi connectivity index (χ1) is 31.2. The van der Waals surface area contributed by atoms with Gasteiger partial charge in [-0.2, -0.15) is 0 Å². The Balaban J connectivity index is 0.956. The summed E-state index contributed by atoms with van der Waals surface area (Å²) in [4.78, 5) is 14.9. The van der Waals surface area contributed by atoms with Crippen LogP contribution >= 0.6 is 0 Å². The van der Waals surface area contributed by atoms with E-state index in [1.165, 1.54) is 21.5 Å². The SMILES string of the molecule is c1ccc(-c2cc(-c3cccc(-n4c5ccccc5c5ccc(-c6ccc7c(c6)c6ccccc6n7-c6ccc7oc8cccnc8c7c6)cc54)c3)nc(-c3ccccc3)n2)cc1. The van der Waals surface area contributed by atoms with Gasteiger partial charge in [-0.1, -0.05) is 127 Å². The van der Waals surface area contributed by atoms with Crippen LogP contribution in [0.4, 0.5) is 0 Å². The summed E-state index contributed by atoms with van der Waals surface area (Å²) in [6, 6.07) is 72.8. The summed E-state index contributed by atoms with van der Waals surface area (Å²) < 4.78 is 10.9. The highest BCUT2D eigenvalue weighted by molar-refractivity contribution is 6.13. The Morgan fingerprint density at radius 3 is 1.76 bits per heavy atom. The normalized spacial score (nSPS) is 11.8. The van der Waals surface area contributed by atoms with Crippen LogP contribution in [0.3, 0.4) is 0 Å². The molecule has 0 aliphatic rings. The molecule has 0 saturated carbocycles. The lowest BCUT2D eigenvalue weighted by atomic mass is 10.0. The molecule has 0 aliphatic heterocycles. The molecule has 0 N–H and O–H groups in total. The highest BCUT2D eigenvalue weighted by Crippen LogP contribution is 2.40. The lowest BCUT2D eigenvalue weighted by molar-refractivity contribution is 0.668. The first-order valence-corrected chi connectivity index (χ1v) is 21.2. The maximum absolute atomic E-state index is 6.14. The highest BCUT2D eigenvalue weighted by atomic mass is 16.3. The molecule has 0 bridgehead atoms. The third kappa shape index (κ3) is 5.69. The molecule has 13 aromatic rings. The number of nitrogens with zero attached hydrogens (tertiary/aromatic N) is 5. The van der Waals surface area contributed by atoms with Gasteiger partial charge in [0, 0.05) is 61.2 Å². The first-order valence-electron chi connectivity index (χ1n) is 21.2. The van der Waals surface area contributed by atoms with Crippen LogP contribution in [0.1, 0.15) is 0 Å². The molecule has 0 amide bonds. The van der Waals surface area contributed by atoms with Crippen molar-refractivity contribution in [3.05, 3.63) is 212 Å². The maximum atomic E-state index is 6.14. The molecule has 0 unspecified atom stereocenters. The van der Waals surface area contributed by atoms with Crippen LogP contribution in [-0.4, -0.2) is 24.1 Å². The van der Waals surface area contributed by atoms with E-state index in [4.69, 9.17) is 14.4 Å². The summed E-state index contributed by atoms with van der Waals surface area (Å²) in [5, 5.41) is 5.81. The number of benzene rings is 8. The van der Waals surface area contributed by atoms with Crippen LogP contribution < -0.4 is 0 Å². The average molecular weight is 806 g/mol. The number of hydrogen-bond donors (Lipinski definition) is 0. The third-order valence-electron chi connectivity index (χ3n) is 12.4. The third-order valence-corrected chi connectivity index (χ3v) is 12.4. The number of para-hydroxylation sites is 2. The lowest BCUT2D eigenvalue weighted by Crippen LogP contribution is -1.98. The molecule has 13 rings (SSSR count). The van der Waals surface area contributed by atoms with Crippen LogP contribution in [0.15, 0.2) is 217 Å². The van der Waals surface area contributed by atoms with Gasteiger partial charge in [0.2, 0.25) is 0 Å². The maximum Gasteiger partial charge on any atom is 0.160 e. The summed E-state index contributed by atoms with van der Waals surface area (Å²) in [7, 11) is 0. The van der Waals surface area contributed by atoms with Gasteiger partial charge in [-0.15, -0.1) is 0 Å². The van der Waals surface area contributed by atoms with E-state index in [-0.39, 0.29) is 0 Å². The zero-order valence-electron chi connectivity index (χ0n) is 33.9. The topological polar surface area (TPSA) is 61.7 Å². The van der Waals surface area contributed by atoms with E-state index in [0.717, 1.165) is 94.7 Å². The Kier molecular flexibility index (Phi) is 7.80. The van der Waals surface area contributed by atoms with Crippen LogP contribution in [-0.2, 0) is 0 Å². The molecule has 6 nitrogen and oxygen atoms in total. The van der Waals surface area contributed by atoms with Crippen molar-refractivity contribution in [3.8, 4) is 56.4 Å². The van der Waals surface area contributed by atoms with Crippen LogP contribution in [0.5, 0.6) is 0 Å². The molecular weight excluding hydrogens is 771 g/mol. The molecule has 5 aromatic heterocycles. The molecule has 0 fully saturated rings. The second-order valence-corrected chi connectivity index (χ2v) is 16.0. The summed E-state index contributed by atoms with van der Waals surface area (Å²) in [6.45, 7) is 0. The molecule has 63 heavy (non-hydrogen) atoms. The van der Waals surface area contributed by atoms with E-state index >= 15 is 0 Å². The van der Waals surface area contributed by atoms with Crippen LogP contribution in [0, 0.1) is 0 Å². The van der Waals surface area contributed by atoms with E-state index in [2.05, 4.69) is 184 Å². The Morgan fingerprint density at radius 2 is 0.952 bits per heavy atom. The van der Waals surface area contributed by atoms with Crippen molar-refractivity contribution in [2.24, 2.45) is 0 Å². The molecule has 5 heterocycles. The summed E-state index contributed by atoms with van der Waals surface area (Å²) >= 11 is 0. The Hall–Kier alpha value is -8.61. The van der Waals surface area contributed by atoms with Gasteiger partial charge in [-0.05, 0) is 90.0 Å². The minimum absolute atomic E-state index is 0.698. The summed E-state index contributed by atoms with van der Waals surface area (Å²) in [6.07, 6.45) is 1.82.